The molecule has 0 spiro atoms. The number of hydrogen-bond acceptors (Lipinski definition) is 3. The average Bonchev–Trinajstić information content (AvgIpc) is 1.83. The normalized spacial score (nSPS) is 8.75. The maximum Gasteiger partial charge on any atom is 0.0521 e. The van der Waals surface area contributed by atoms with Gasteiger partial charge in [-0.05, 0) is 13.0 Å². The van der Waals surface area contributed by atoms with Gasteiger partial charge in [-0.25, -0.2) is 0 Å². The lowest BCUT2D eigenvalue weighted by molar-refractivity contribution is 0.346. The second-order valence-corrected chi connectivity index (χ2v) is 1.61. The fraction of sp³-hybridized carbons (Fsp3) is 1.00. The van der Waals surface area contributed by atoms with Crippen LogP contribution in [0.5, 0.6) is 0 Å². The molecule has 0 aromatic rings. The lowest BCUT2D eigenvalue weighted by Gasteiger charge is -2.04. The average molecular weight is 117 g/mol. The van der Waals surface area contributed by atoms with E-state index >= 15 is 0 Å². The van der Waals surface area contributed by atoms with Gasteiger partial charge in [0.2, 0.25) is 0 Å². The van der Waals surface area contributed by atoms with Gasteiger partial charge in [0.05, 0.1) is 5.29 Å². The largest absolute Gasteiger partial charge is 0.330 e. The molecule has 0 bridgehead atoms. The fourth-order valence-electron chi connectivity index (χ4n) is 0.361. The Morgan fingerprint density at radius 3 is 2.75 bits per heavy atom. The van der Waals surface area contributed by atoms with Crippen molar-refractivity contribution in [2.45, 2.75) is 6.42 Å². The van der Waals surface area contributed by atoms with E-state index in [4.69, 9.17) is 5.73 Å². The molecule has 0 amide bonds. The number of nitrogens with zero attached hydrogens (tertiary/aromatic N) is 2. The van der Waals surface area contributed by atoms with Crippen LogP contribution in [0, 0.1) is 4.91 Å². The standard InChI is InChI=1S/C4H11N3O/c1-7(6-8)4-2-3-5/h2-5H2,1H3. The fourth-order valence-corrected chi connectivity index (χ4v) is 0.361. The summed E-state index contributed by atoms with van der Waals surface area (Å²) in [5, 5.41) is 3.98. The van der Waals surface area contributed by atoms with E-state index in [9.17, 15) is 4.91 Å². The van der Waals surface area contributed by atoms with Crippen LogP contribution in [0.25, 0.3) is 0 Å². The summed E-state index contributed by atoms with van der Waals surface area (Å²) in [6.45, 7) is 1.26. The van der Waals surface area contributed by atoms with Crippen molar-refractivity contribution in [3.8, 4) is 0 Å². The Morgan fingerprint density at radius 2 is 2.38 bits per heavy atom. The molecule has 48 valence electrons. The first-order chi connectivity index (χ1) is 3.81. The molecule has 4 heteroatoms. The number of nitroso groups, excluding NO2 is 1. The molecule has 0 fully saturated rings. The van der Waals surface area contributed by atoms with Gasteiger partial charge >= 0.3 is 0 Å². The van der Waals surface area contributed by atoms with Crippen molar-refractivity contribution in [2.24, 2.45) is 11.0 Å². The van der Waals surface area contributed by atoms with Gasteiger partial charge in [-0.2, -0.15) is 0 Å². The molecule has 0 aromatic carbocycles. The van der Waals surface area contributed by atoms with Crippen LogP contribution in [0.3, 0.4) is 0 Å². The van der Waals surface area contributed by atoms with Crippen LogP contribution in [-0.2, 0) is 0 Å². The highest BCUT2D eigenvalue weighted by atomic mass is 16.3. The molecule has 0 saturated heterocycles. The van der Waals surface area contributed by atoms with Gasteiger partial charge in [-0.1, -0.05) is 0 Å². The molecular weight excluding hydrogens is 106 g/mol. The molecule has 0 heterocycles. The van der Waals surface area contributed by atoms with Crippen LogP contribution in [0.1, 0.15) is 6.42 Å². The summed E-state index contributed by atoms with van der Waals surface area (Å²) in [5.41, 5.74) is 5.16. The molecule has 8 heavy (non-hydrogen) atoms. The van der Waals surface area contributed by atoms with E-state index in [1.54, 1.807) is 7.05 Å². The van der Waals surface area contributed by atoms with E-state index in [0.717, 1.165) is 6.42 Å². The maximum atomic E-state index is 9.65. The van der Waals surface area contributed by atoms with Crippen molar-refractivity contribution in [1.29, 1.82) is 0 Å². The Balaban J connectivity index is 2.98. The van der Waals surface area contributed by atoms with Crippen molar-refractivity contribution >= 4 is 0 Å². The van der Waals surface area contributed by atoms with Crippen LogP contribution in [-0.4, -0.2) is 25.1 Å². The van der Waals surface area contributed by atoms with Crippen molar-refractivity contribution in [1.82, 2.24) is 5.01 Å². The Kier molecular flexibility index (Phi) is 4.16. The first kappa shape index (κ1) is 7.36. The highest BCUT2D eigenvalue weighted by Gasteiger charge is 1.89. The summed E-state index contributed by atoms with van der Waals surface area (Å²) >= 11 is 0. The molecule has 0 aliphatic carbocycles. The van der Waals surface area contributed by atoms with Gasteiger partial charge in [-0.3, -0.25) is 5.01 Å². The molecule has 0 saturated carbocycles. The zero-order valence-corrected chi connectivity index (χ0v) is 5.00. The van der Waals surface area contributed by atoms with Gasteiger partial charge < -0.3 is 5.73 Å². The van der Waals surface area contributed by atoms with Crippen LogP contribution >= 0.6 is 0 Å². The third-order valence-electron chi connectivity index (χ3n) is 0.825. The zero-order valence-electron chi connectivity index (χ0n) is 5.00. The summed E-state index contributed by atoms with van der Waals surface area (Å²) < 4.78 is 0. The lowest BCUT2D eigenvalue weighted by atomic mass is 10.4. The highest BCUT2D eigenvalue weighted by Crippen LogP contribution is 1.83. The molecule has 0 radical (unpaired) electrons. The molecule has 0 unspecified atom stereocenters. The van der Waals surface area contributed by atoms with E-state index in [-0.39, 0.29) is 0 Å². The van der Waals surface area contributed by atoms with E-state index in [2.05, 4.69) is 5.29 Å². The topological polar surface area (TPSA) is 58.7 Å². The molecule has 0 aromatic heterocycles. The molecule has 4 nitrogen and oxygen atoms in total. The lowest BCUT2D eigenvalue weighted by Crippen LogP contribution is -2.14. The Morgan fingerprint density at radius 1 is 1.75 bits per heavy atom. The summed E-state index contributed by atoms with van der Waals surface area (Å²) in [7, 11) is 1.63. The second-order valence-electron chi connectivity index (χ2n) is 1.61. The summed E-state index contributed by atoms with van der Waals surface area (Å²) in [4.78, 5) is 9.65. The van der Waals surface area contributed by atoms with Crippen molar-refractivity contribution in [3.63, 3.8) is 0 Å². The molecule has 0 aliphatic heterocycles. The van der Waals surface area contributed by atoms with Crippen LogP contribution < -0.4 is 5.73 Å². The predicted molar refractivity (Wildman–Crippen MR) is 32.1 cm³/mol. The molecule has 0 rings (SSSR count). The molecule has 2 N–H and O–H groups in total. The summed E-state index contributed by atoms with van der Waals surface area (Å²) in [6, 6.07) is 0. The minimum atomic E-state index is 0.611. The monoisotopic (exact) mass is 117 g/mol. The minimum Gasteiger partial charge on any atom is -0.330 e. The van der Waals surface area contributed by atoms with Gasteiger partial charge in [0, 0.05) is 13.6 Å². The van der Waals surface area contributed by atoms with Gasteiger partial charge in [0.15, 0.2) is 0 Å². The van der Waals surface area contributed by atoms with Gasteiger partial charge in [-0.15, -0.1) is 4.91 Å². The van der Waals surface area contributed by atoms with E-state index in [0.29, 0.717) is 13.1 Å². The molecule has 0 aliphatic rings. The summed E-state index contributed by atoms with van der Waals surface area (Å²) in [6.07, 6.45) is 0.822. The number of hydrogen-bond donors (Lipinski definition) is 1. The van der Waals surface area contributed by atoms with Crippen LogP contribution in [0.15, 0.2) is 5.29 Å². The SMILES string of the molecule is CN(CCCN)N=O. The number of nitrogens with two attached hydrogens (primary N) is 1. The van der Waals surface area contributed by atoms with Crippen molar-refractivity contribution in [3.05, 3.63) is 4.91 Å². The third kappa shape index (κ3) is 3.55. The van der Waals surface area contributed by atoms with Crippen LogP contribution in [0.4, 0.5) is 0 Å². The Hall–Kier alpha value is -0.640. The van der Waals surface area contributed by atoms with E-state index in [1.807, 2.05) is 0 Å². The van der Waals surface area contributed by atoms with Crippen molar-refractivity contribution in [2.75, 3.05) is 20.1 Å². The third-order valence-corrected chi connectivity index (χ3v) is 0.825. The number of rotatable bonds is 4. The molecular formula is C4H11N3O. The quantitative estimate of drug-likeness (QED) is 0.415. The zero-order chi connectivity index (χ0) is 6.41. The summed E-state index contributed by atoms with van der Waals surface area (Å²) in [5.74, 6) is 0. The minimum absolute atomic E-state index is 0.611. The predicted octanol–water partition coefficient (Wildman–Crippen LogP) is -0.0516. The smallest absolute Gasteiger partial charge is 0.0521 e. The van der Waals surface area contributed by atoms with Crippen molar-refractivity contribution < 1.29 is 0 Å². The highest BCUT2D eigenvalue weighted by molar-refractivity contribution is 4.43. The van der Waals surface area contributed by atoms with Gasteiger partial charge in [0.1, 0.15) is 0 Å². The Bertz CT molecular complexity index is 66.3. The first-order valence-electron chi connectivity index (χ1n) is 2.55. The van der Waals surface area contributed by atoms with E-state index < -0.39 is 0 Å². The van der Waals surface area contributed by atoms with Crippen LogP contribution in [0.2, 0.25) is 0 Å². The maximum absolute atomic E-state index is 9.65. The van der Waals surface area contributed by atoms with Gasteiger partial charge in [0.25, 0.3) is 0 Å². The Labute approximate surface area is 48.6 Å². The second kappa shape index (κ2) is 4.52. The van der Waals surface area contributed by atoms with E-state index in [1.165, 1.54) is 5.01 Å². The molecule has 0 atom stereocenters. The first-order valence-corrected chi connectivity index (χ1v) is 2.55.